The van der Waals surface area contributed by atoms with E-state index in [1.165, 1.54) is 35.9 Å². The predicted octanol–water partition coefficient (Wildman–Crippen LogP) is 5.73. The Balaban J connectivity index is 1.17. The number of alkyl halides is 6. The molecule has 3 aliphatic rings. The second-order valence-electron chi connectivity index (χ2n) is 20.4. The van der Waals surface area contributed by atoms with Gasteiger partial charge in [0.25, 0.3) is 5.91 Å². The number of rotatable bonds is 18. The van der Waals surface area contributed by atoms with Crippen LogP contribution in [0, 0.1) is 34.3 Å². The lowest BCUT2D eigenvalue weighted by Crippen LogP contribution is -2.63. The van der Waals surface area contributed by atoms with E-state index in [0.717, 1.165) is 64.2 Å². The van der Waals surface area contributed by atoms with Crippen LogP contribution in [0.4, 0.5) is 50.5 Å². The van der Waals surface area contributed by atoms with Crippen LogP contribution in [0.3, 0.4) is 0 Å². The van der Waals surface area contributed by atoms with Gasteiger partial charge in [0.2, 0.25) is 5.91 Å². The highest BCUT2D eigenvalue weighted by Crippen LogP contribution is 2.42. The number of anilines is 1. The smallest absolute Gasteiger partial charge is 0.407 e. The summed E-state index contributed by atoms with van der Waals surface area (Å²) in [6.45, 7) is 3.28. The quantitative estimate of drug-likeness (QED) is 0.0398. The summed E-state index contributed by atoms with van der Waals surface area (Å²) in [6, 6.07) is 7.44. The maximum atomic E-state index is 15.9. The summed E-state index contributed by atoms with van der Waals surface area (Å²) in [4.78, 5) is 69.5. The summed E-state index contributed by atoms with van der Waals surface area (Å²) >= 11 is 0. The van der Waals surface area contributed by atoms with Crippen molar-refractivity contribution in [1.29, 1.82) is 0 Å². The minimum Gasteiger partial charge on any atom is -0.465 e. The number of ether oxygens (including phenoxy) is 2. The molecule has 420 valence electrons. The maximum absolute atomic E-state index is 15.9. The number of methoxy groups -OCH3 is 1. The molecule has 78 heavy (non-hydrogen) atoms. The number of hydrogen-bond donors (Lipinski definition) is 6. The zero-order valence-electron chi connectivity index (χ0n) is 42.9. The molecule has 6 unspecified atom stereocenters. The monoisotopic (exact) mass is 1100 g/mol. The van der Waals surface area contributed by atoms with Crippen molar-refractivity contribution in [2.45, 2.75) is 108 Å². The van der Waals surface area contributed by atoms with Crippen molar-refractivity contribution in [2.24, 2.45) is 10.8 Å². The first kappa shape index (κ1) is 58.5. The van der Waals surface area contributed by atoms with Gasteiger partial charge >= 0.3 is 24.5 Å². The van der Waals surface area contributed by atoms with E-state index < -0.39 is 108 Å². The number of amides is 4. The molecule has 0 spiro atoms. The largest absolute Gasteiger partial charge is 0.465 e. The first-order chi connectivity index (χ1) is 36.7. The van der Waals surface area contributed by atoms with Crippen molar-refractivity contribution in [1.82, 2.24) is 46.2 Å². The fraction of sp³-hybridized carbons (Fsp3) is 0.481. The third-order valence-electron chi connectivity index (χ3n) is 14.3. The zero-order valence-corrected chi connectivity index (χ0v) is 42.9. The van der Waals surface area contributed by atoms with Gasteiger partial charge in [-0.3, -0.25) is 19.9 Å². The van der Waals surface area contributed by atoms with Gasteiger partial charge in [0, 0.05) is 79.1 Å². The van der Waals surface area contributed by atoms with Gasteiger partial charge < -0.3 is 40.5 Å². The lowest BCUT2D eigenvalue weighted by Gasteiger charge is -2.47. The van der Waals surface area contributed by atoms with Gasteiger partial charge in [-0.05, 0) is 95.0 Å². The number of carboxylic acid groups (broad SMARTS) is 1. The van der Waals surface area contributed by atoms with E-state index in [4.69, 9.17) is 4.74 Å². The Hall–Kier alpha value is -7.21. The van der Waals surface area contributed by atoms with Crippen LogP contribution in [0.1, 0.15) is 62.8 Å². The Morgan fingerprint density at radius 1 is 0.795 bits per heavy atom. The van der Waals surface area contributed by atoms with Gasteiger partial charge in [0.1, 0.15) is 29.5 Å². The molecular formula is C52H58F8N10O8. The number of carbonyl (C=O) groups is 4. The average Bonchev–Trinajstić information content (AvgIpc) is 3.64. The molecule has 4 amide bonds. The molecule has 26 heteroatoms. The normalized spacial score (nSPS) is 18.6. The molecule has 4 aromatic rings. The second-order valence-corrected chi connectivity index (χ2v) is 20.4. The maximum Gasteiger partial charge on any atom is 0.407 e. The molecule has 3 aliphatic heterocycles. The zero-order chi connectivity index (χ0) is 56.9. The van der Waals surface area contributed by atoms with Gasteiger partial charge in [-0.2, -0.15) is 26.3 Å². The van der Waals surface area contributed by atoms with Gasteiger partial charge in [0.15, 0.2) is 5.82 Å². The van der Waals surface area contributed by atoms with Crippen LogP contribution in [0.25, 0.3) is 11.4 Å². The first-order valence-corrected chi connectivity index (χ1v) is 24.6. The number of nitrogens with zero attached hydrogens (tertiary/aromatic N) is 6. The number of hydrogen-bond acceptors (Lipinski definition) is 13. The van der Waals surface area contributed by atoms with Crippen molar-refractivity contribution >= 4 is 29.8 Å². The van der Waals surface area contributed by atoms with Crippen LogP contribution in [0.5, 0.6) is 0 Å². The van der Waals surface area contributed by atoms with E-state index in [-0.39, 0.29) is 11.4 Å². The molecule has 2 aromatic heterocycles. The van der Waals surface area contributed by atoms with Crippen LogP contribution in [-0.2, 0) is 32.0 Å². The average molecular weight is 1100 g/mol. The van der Waals surface area contributed by atoms with Crippen LogP contribution < -0.4 is 26.3 Å². The number of carbonyl (C=O) groups excluding carboxylic acids is 3. The number of aromatic nitrogens is 3. The molecule has 2 aromatic carbocycles. The van der Waals surface area contributed by atoms with E-state index in [0.29, 0.717) is 67.5 Å². The molecular weight excluding hydrogens is 1040 g/mol. The minimum absolute atomic E-state index is 0.110. The molecule has 6 atom stereocenters. The summed E-state index contributed by atoms with van der Waals surface area (Å²) in [5, 5.41) is 27.7. The van der Waals surface area contributed by atoms with Crippen molar-refractivity contribution < 1.29 is 74.0 Å². The van der Waals surface area contributed by atoms with E-state index in [1.54, 1.807) is 18.3 Å². The molecule has 3 saturated heterocycles. The molecule has 0 aliphatic carbocycles. The number of hydrazine groups is 1. The van der Waals surface area contributed by atoms with Gasteiger partial charge in [-0.1, -0.05) is 24.0 Å². The van der Waals surface area contributed by atoms with E-state index in [1.807, 2.05) is 22.9 Å². The Kier molecular flexibility index (Phi) is 17.8. The number of piperazine rings is 1. The Labute approximate surface area is 443 Å². The van der Waals surface area contributed by atoms with Crippen LogP contribution in [0.15, 0.2) is 73.2 Å². The number of benzene rings is 2. The van der Waals surface area contributed by atoms with Crippen molar-refractivity contribution in [3.63, 3.8) is 0 Å². The number of pyridine rings is 1. The molecule has 5 heterocycles. The molecule has 3 fully saturated rings. The third kappa shape index (κ3) is 13.5. The van der Waals surface area contributed by atoms with Crippen LogP contribution in [0.2, 0.25) is 0 Å². The van der Waals surface area contributed by atoms with Crippen molar-refractivity contribution in [3.05, 3.63) is 107 Å². The molecule has 2 bridgehead atoms. The number of halogens is 8. The van der Waals surface area contributed by atoms with Gasteiger partial charge in [0.05, 0.1) is 49.3 Å². The fourth-order valence-electron chi connectivity index (χ4n) is 9.45. The van der Waals surface area contributed by atoms with Crippen LogP contribution >= 0.6 is 0 Å². The number of nitrogens with one attached hydrogen (secondary N) is 4. The summed E-state index contributed by atoms with van der Waals surface area (Å²) < 4.78 is 129. The summed E-state index contributed by atoms with van der Waals surface area (Å²) in [7, 11) is 0.834. The second kappa shape index (κ2) is 23.8. The standard InChI is InChI=1S/C52H58F8N10O8/c1-49(2,51(55,56)57)42(66-48(76)77-5)45(72)64-39(19-30-10-7-29(8-11-30)9-12-31-13-16-41(63-22-31)68-23-33-14-15-34(24-68)70(33)35-27-78-28-35)40(71)26-69(67-46(73)43(65-47(74)75)50(3,4)52(58,59)60)25-36-37(53)20-32(21-38(36)54)44-61-17-6-18-62-44/h6-8,10-11,13,16-18,20-22,33-35,39-40,42-43,65,71H,14-15,19,23-28H2,1-5H3,(H,64,72)(H,66,76)(H,67,73)(H,74,75). The molecule has 18 nitrogen and oxygen atoms in total. The van der Waals surface area contributed by atoms with Crippen molar-refractivity contribution in [3.8, 4) is 23.2 Å². The lowest BCUT2D eigenvalue weighted by atomic mass is 9.82. The number of alkyl carbamates (subject to hydrolysis) is 1. The molecule has 0 saturated carbocycles. The summed E-state index contributed by atoms with van der Waals surface area (Å²) in [5.74, 6) is 0.947. The highest BCUT2D eigenvalue weighted by atomic mass is 19.4. The summed E-state index contributed by atoms with van der Waals surface area (Å²) in [5.41, 5.74) is -3.78. The predicted molar refractivity (Wildman–Crippen MR) is 264 cm³/mol. The summed E-state index contributed by atoms with van der Waals surface area (Å²) in [6.07, 6.45) is -9.99. The number of aliphatic hydroxyl groups excluding tert-OH is 1. The van der Waals surface area contributed by atoms with E-state index in [9.17, 15) is 55.7 Å². The topological polar surface area (TPSA) is 224 Å². The minimum atomic E-state index is -5.24. The van der Waals surface area contributed by atoms with Gasteiger partial charge in [-0.25, -0.2) is 38.3 Å². The fourth-order valence-corrected chi connectivity index (χ4v) is 9.45. The Bertz CT molecular complexity index is 2810. The van der Waals surface area contributed by atoms with Crippen molar-refractivity contribution in [2.75, 3.05) is 44.9 Å². The lowest BCUT2D eigenvalue weighted by molar-refractivity contribution is -0.221. The van der Waals surface area contributed by atoms with Gasteiger partial charge in [-0.15, -0.1) is 0 Å². The number of fused-ring (bicyclic) bond motifs is 2. The molecule has 0 radical (unpaired) electrons. The molecule has 7 rings (SSSR count). The third-order valence-corrected chi connectivity index (χ3v) is 14.3. The molecule has 6 N–H and O–H groups in total. The highest BCUT2D eigenvalue weighted by Gasteiger charge is 2.57. The Morgan fingerprint density at radius 3 is 1.87 bits per heavy atom. The van der Waals surface area contributed by atoms with E-state index >= 15 is 8.78 Å². The number of aliphatic hydroxyl groups is 1. The van der Waals surface area contributed by atoms with E-state index in [2.05, 4.69) is 46.6 Å². The first-order valence-electron chi connectivity index (χ1n) is 24.6. The SMILES string of the molecule is COC(=O)NC(C(=O)NC(Cc1ccc(C#Cc2ccc(N3CC4CCC(C3)N4C3COC3)nc2)cc1)C(O)CN(Cc1c(F)cc(-c2ncccn2)cc1F)NC(=O)C(NC(=O)O)C(C)(C)C(F)(F)F)C(C)(C)C(F)(F)F. The Morgan fingerprint density at radius 2 is 1.36 bits per heavy atom. The highest BCUT2D eigenvalue weighted by molar-refractivity contribution is 5.87. The van der Waals surface area contributed by atoms with Crippen LogP contribution in [-0.4, -0.2) is 154 Å².